The minimum Gasteiger partial charge on any atom is -0.368 e. The molecule has 2 rings (SSSR count). The Morgan fingerprint density at radius 1 is 1.33 bits per heavy atom. The van der Waals surface area contributed by atoms with Crippen molar-refractivity contribution in [2.24, 2.45) is 0 Å². The van der Waals surface area contributed by atoms with Gasteiger partial charge in [-0.05, 0) is 24.3 Å². The van der Waals surface area contributed by atoms with Crippen LogP contribution in [0.5, 0.6) is 0 Å². The van der Waals surface area contributed by atoms with E-state index >= 15 is 0 Å². The van der Waals surface area contributed by atoms with Gasteiger partial charge in [-0.1, -0.05) is 27.7 Å². The van der Waals surface area contributed by atoms with Gasteiger partial charge in [-0.25, -0.2) is 4.98 Å². The molecule has 0 saturated carbocycles. The standard InChI is InChI=1S/C10H7BrN4O2S/c11-6-1-3-7(4-2-6)18-9-8(15(16)17)5-13-10(12)14-9/h1-5H,(H2,12,13,14). The molecule has 0 unspecified atom stereocenters. The topological polar surface area (TPSA) is 94.9 Å². The van der Waals surface area contributed by atoms with E-state index in [1.165, 1.54) is 11.8 Å². The molecule has 0 aliphatic carbocycles. The highest BCUT2D eigenvalue weighted by Crippen LogP contribution is 2.33. The number of hydrogen-bond donors (Lipinski definition) is 1. The lowest BCUT2D eigenvalue weighted by molar-refractivity contribution is -0.388. The van der Waals surface area contributed by atoms with E-state index in [2.05, 4.69) is 25.9 Å². The molecule has 8 heteroatoms. The van der Waals surface area contributed by atoms with Crippen molar-refractivity contribution in [3.8, 4) is 0 Å². The van der Waals surface area contributed by atoms with Gasteiger partial charge in [-0.3, -0.25) is 10.1 Å². The van der Waals surface area contributed by atoms with Gasteiger partial charge >= 0.3 is 5.69 Å². The van der Waals surface area contributed by atoms with Crippen LogP contribution < -0.4 is 5.73 Å². The molecular formula is C10H7BrN4O2S. The molecule has 0 saturated heterocycles. The van der Waals surface area contributed by atoms with Crippen LogP contribution in [0.4, 0.5) is 11.6 Å². The second-order valence-corrected chi connectivity index (χ2v) is 5.21. The van der Waals surface area contributed by atoms with Gasteiger partial charge in [-0.15, -0.1) is 0 Å². The van der Waals surface area contributed by atoms with E-state index < -0.39 is 4.92 Å². The second kappa shape index (κ2) is 5.32. The molecule has 0 aliphatic rings. The average Bonchev–Trinajstić information content (AvgIpc) is 2.32. The number of anilines is 1. The number of nitrogens with zero attached hydrogens (tertiary/aromatic N) is 3. The number of rotatable bonds is 3. The summed E-state index contributed by atoms with van der Waals surface area (Å²) in [5, 5.41) is 11.1. The van der Waals surface area contributed by atoms with Crippen LogP contribution in [0.2, 0.25) is 0 Å². The third-order valence-corrected chi connectivity index (χ3v) is 3.51. The quantitative estimate of drug-likeness (QED) is 0.529. The fraction of sp³-hybridized carbons (Fsp3) is 0. The van der Waals surface area contributed by atoms with Gasteiger partial charge < -0.3 is 5.73 Å². The van der Waals surface area contributed by atoms with E-state index in [0.717, 1.165) is 15.6 Å². The molecule has 0 spiro atoms. The molecule has 0 amide bonds. The van der Waals surface area contributed by atoms with E-state index in [0.29, 0.717) is 0 Å². The van der Waals surface area contributed by atoms with Crippen molar-refractivity contribution in [2.75, 3.05) is 5.73 Å². The minimum absolute atomic E-state index is 0.0141. The zero-order valence-corrected chi connectivity index (χ0v) is 11.3. The van der Waals surface area contributed by atoms with Crippen molar-refractivity contribution in [3.63, 3.8) is 0 Å². The van der Waals surface area contributed by atoms with Gasteiger partial charge in [-0.2, -0.15) is 4.98 Å². The Morgan fingerprint density at radius 3 is 2.61 bits per heavy atom. The second-order valence-electron chi connectivity index (χ2n) is 3.23. The van der Waals surface area contributed by atoms with Crippen LogP contribution in [-0.4, -0.2) is 14.9 Å². The Kier molecular flexibility index (Phi) is 3.78. The lowest BCUT2D eigenvalue weighted by Gasteiger charge is -2.02. The predicted octanol–water partition coefficient (Wildman–Crippen LogP) is 2.88. The lowest BCUT2D eigenvalue weighted by Crippen LogP contribution is -2.00. The van der Waals surface area contributed by atoms with Gasteiger partial charge in [0, 0.05) is 9.37 Å². The zero-order chi connectivity index (χ0) is 13.1. The molecule has 2 aromatic rings. The van der Waals surface area contributed by atoms with E-state index in [-0.39, 0.29) is 16.7 Å². The summed E-state index contributed by atoms with van der Waals surface area (Å²) in [5.74, 6) is 0.0141. The molecule has 2 N–H and O–H groups in total. The third-order valence-electron chi connectivity index (χ3n) is 1.98. The zero-order valence-electron chi connectivity index (χ0n) is 8.91. The summed E-state index contributed by atoms with van der Waals surface area (Å²) in [6, 6.07) is 7.35. The molecule has 0 bridgehead atoms. The van der Waals surface area contributed by atoms with Gasteiger partial charge in [0.05, 0.1) is 4.92 Å². The van der Waals surface area contributed by atoms with E-state index in [9.17, 15) is 10.1 Å². The molecular weight excluding hydrogens is 320 g/mol. The van der Waals surface area contributed by atoms with Crippen LogP contribution in [0.15, 0.2) is 44.9 Å². The monoisotopic (exact) mass is 326 g/mol. The van der Waals surface area contributed by atoms with Gasteiger partial charge in [0.15, 0.2) is 5.03 Å². The van der Waals surface area contributed by atoms with Gasteiger partial charge in [0.25, 0.3) is 0 Å². The number of benzene rings is 1. The fourth-order valence-corrected chi connectivity index (χ4v) is 2.32. The van der Waals surface area contributed by atoms with E-state index in [1.807, 2.05) is 24.3 Å². The highest BCUT2D eigenvalue weighted by molar-refractivity contribution is 9.10. The van der Waals surface area contributed by atoms with Gasteiger partial charge in [0.1, 0.15) is 6.20 Å². The SMILES string of the molecule is Nc1ncc([N+](=O)[O-])c(Sc2ccc(Br)cc2)n1. The van der Waals surface area contributed by atoms with E-state index in [1.54, 1.807) is 0 Å². The first-order valence-corrected chi connectivity index (χ1v) is 6.37. The van der Waals surface area contributed by atoms with Crippen molar-refractivity contribution < 1.29 is 4.92 Å². The molecule has 0 radical (unpaired) electrons. The summed E-state index contributed by atoms with van der Waals surface area (Å²) in [6.45, 7) is 0. The Balaban J connectivity index is 2.35. The number of nitrogen functional groups attached to an aromatic ring is 1. The highest BCUT2D eigenvalue weighted by atomic mass is 79.9. The lowest BCUT2D eigenvalue weighted by atomic mass is 10.4. The summed E-state index contributed by atoms with van der Waals surface area (Å²) >= 11 is 4.49. The molecule has 0 fully saturated rings. The molecule has 1 heterocycles. The maximum absolute atomic E-state index is 10.8. The molecule has 6 nitrogen and oxygen atoms in total. The van der Waals surface area contributed by atoms with Crippen LogP contribution in [0.25, 0.3) is 0 Å². The van der Waals surface area contributed by atoms with Crippen molar-refractivity contribution >= 4 is 39.3 Å². The number of nitrogens with two attached hydrogens (primary N) is 1. The maximum atomic E-state index is 10.8. The molecule has 92 valence electrons. The predicted molar refractivity (Wildman–Crippen MR) is 71.4 cm³/mol. The summed E-state index contributed by atoms with van der Waals surface area (Å²) in [5.41, 5.74) is 5.28. The Hall–Kier alpha value is -1.67. The average molecular weight is 327 g/mol. The molecule has 0 atom stereocenters. The summed E-state index contributed by atoms with van der Waals surface area (Å²) in [4.78, 5) is 18.7. The first kappa shape index (κ1) is 12.8. The van der Waals surface area contributed by atoms with Crippen LogP contribution >= 0.6 is 27.7 Å². The summed E-state index contributed by atoms with van der Waals surface area (Å²) < 4.78 is 0.934. The van der Waals surface area contributed by atoms with Crippen molar-refractivity contribution in [1.82, 2.24) is 9.97 Å². The Labute approximate surface area is 115 Å². The Bertz CT molecular complexity index is 591. The normalized spacial score (nSPS) is 10.3. The largest absolute Gasteiger partial charge is 0.368 e. The smallest absolute Gasteiger partial charge is 0.320 e. The minimum atomic E-state index is -0.527. The van der Waals surface area contributed by atoms with Crippen LogP contribution in [0, 0.1) is 10.1 Å². The van der Waals surface area contributed by atoms with Crippen LogP contribution in [0.3, 0.4) is 0 Å². The number of halogens is 1. The van der Waals surface area contributed by atoms with Crippen molar-refractivity contribution in [1.29, 1.82) is 0 Å². The maximum Gasteiger partial charge on any atom is 0.320 e. The first-order chi connectivity index (χ1) is 8.56. The number of aromatic nitrogens is 2. The summed E-state index contributed by atoms with van der Waals surface area (Å²) in [6.07, 6.45) is 1.11. The van der Waals surface area contributed by atoms with Crippen molar-refractivity contribution in [2.45, 2.75) is 9.92 Å². The van der Waals surface area contributed by atoms with Crippen LogP contribution in [0.1, 0.15) is 0 Å². The highest BCUT2D eigenvalue weighted by Gasteiger charge is 2.17. The van der Waals surface area contributed by atoms with Crippen LogP contribution in [-0.2, 0) is 0 Å². The summed E-state index contributed by atoms with van der Waals surface area (Å²) in [7, 11) is 0. The van der Waals surface area contributed by atoms with Gasteiger partial charge in [0.2, 0.25) is 5.95 Å². The molecule has 0 aliphatic heterocycles. The number of nitro groups is 1. The Morgan fingerprint density at radius 2 is 2.00 bits per heavy atom. The first-order valence-electron chi connectivity index (χ1n) is 4.76. The fourth-order valence-electron chi connectivity index (χ4n) is 1.19. The van der Waals surface area contributed by atoms with Crippen molar-refractivity contribution in [3.05, 3.63) is 45.0 Å². The molecule has 18 heavy (non-hydrogen) atoms. The molecule has 1 aromatic heterocycles. The number of hydrogen-bond acceptors (Lipinski definition) is 6. The molecule has 1 aromatic carbocycles. The van der Waals surface area contributed by atoms with E-state index in [4.69, 9.17) is 5.73 Å². The third kappa shape index (κ3) is 2.96.